The summed E-state index contributed by atoms with van der Waals surface area (Å²) in [4.78, 5) is 15.1. The molecule has 1 N–H and O–H groups in total. The monoisotopic (exact) mass is 164 g/mol. The number of nitrogens with one attached hydrogen (secondary N) is 1. The van der Waals surface area contributed by atoms with Gasteiger partial charge in [0.2, 0.25) is 6.29 Å². The highest BCUT2D eigenvalue weighted by Crippen LogP contribution is 2.06. The second-order valence-corrected chi connectivity index (χ2v) is 2.37. The van der Waals surface area contributed by atoms with E-state index in [1.54, 1.807) is 25.3 Å². The molecule has 0 aliphatic heterocycles. The van der Waals surface area contributed by atoms with Crippen molar-refractivity contribution in [3.05, 3.63) is 30.3 Å². The van der Waals surface area contributed by atoms with Crippen LogP contribution >= 0.6 is 0 Å². The molecule has 12 heavy (non-hydrogen) atoms. The first-order chi connectivity index (χ1) is 5.83. The van der Waals surface area contributed by atoms with Crippen LogP contribution < -0.4 is 10.3 Å². The van der Waals surface area contributed by atoms with E-state index in [0.29, 0.717) is 5.75 Å². The summed E-state index contributed by atoms with van der Waals surface area (Å²) in [5.74, 6) is 0.680. The van der Waals surface area contributed by atoms with E-state index in [-0.39, 0.29) is 0 Å². The van der Waals surface area contributed by atoms with Crippen LogP contribution in [0.3, 0.4) is 0 Å². The maximum atomic E-state index is 10.1. The fourth-order valence-electron chi connectivity index (χ4n) is 0.669. The van der Waals surface area contributed by atoms with Crippen LogP contribution in [0.4, 0.5) is 0 Å². The Morgan fingerprint density at radius 3 is 2.67 bits per heavy atom. The van der Waals surface area contributed by atoms with Crippen LogP contribution in [0.1, 0.15) is 6.92 Å². The molecule has 0 unspecified atom stereocenters. The predicted octanol–water partition coefficient (Wildman–Crippen LogP) is 1.07. The molecular weight excluding hydrogens is 154 g/mol. The molecule has 0 saturated carbocycles. The smallest absolute Gasteiger partial charge is 0.220 e. The fraction of sp³-hybridized carbons (Fsp3) is 0.222. The first-order valence-corrected chi connectivity index (χ1v) is 3.68. The van der Waals surface area contributed by atoms with Gasteiger partial charge >= 0.3 is 0 Å². The van der Waals surface area contributed by atoms with Gasteiger partial charge in [0, 0.05) is 0 Å². The summed E-state index contributed by atoms with van der Waals surface area (Å²) in [7, 11) is 0. The average Bonchev–Trinajstić information content (AvgIpc) is 2.16. The van der Waals surface area contributed by atoms with Gasteiger partial charge in [-0.1, -0.05) is 18.2 Å². The third-order valence-corrected chi connectivity index (χ3v) is 1.27. The number of rotatable bonds is 4. The van der Waals surface area contributed by atoms with Crippen LogP contribution in [0.2, 0.25) is 0 Å². The van der Waals surface area contributed by atoms with E-state index in [0.717, 1.165) is 0 Å². The molecular formula is C9H10NO2. The molecule has 0 heterocycles. The summed E-state index contributed by atoms with van der Waals surface area (Å²) in [6.45, 7) is 1.66. The third-order valence-electron chi connectivity index (χ3n) is 1.27. The molecule has 1 atom stereocenters. The van der Waals surface area contributed by atoms with Crippen molar-refractivity contribution >= 4 is 6.29 Å². The zero-order valence-electron chi connectivity index (χ0n) is 6.78. The molecule has 1 rings (SSSR count). The standard InChI is InChI=1S/C9H10NO2/c1-8(7-11)10-12-9-5-3-2-4-6-9/h2-6,8,10H,1H3/t8-/m0/s1. The lowest BCUT2D eigenvalue weighted by molar-refractivity contribution is 0.183. The third kappa shape index (κ3) is 2.72. The number of hydroxylamine groups is 1. The first-order valence-electron chi connectivity index (χ1n) is 3.68. The van der Waals surface area contributed by atoms with Gasteiger partial charge in [0.1, 0.15) is 11.8 Å². The van der Waals surface area contributed by atoms with Gasteiger partial charge in [-0.15, -0.1) is 5.48 Å². The maximum Gasteiger partial charge on any atom is 0.220 e. The predicted molar refractivity (Wildman–Crippen MR) is 45.4 cm³/mol. The van der Waals surface area contributed by atoms with Gasteiger partial charge in [0.05, 0.1) is 0 Å². The number of para-hydroxylation sites is 1. The lowest BCUT2D eigenvalue weighted by Crippen LogP contribution is -2.30. The highest BCUT2D eigenvalue weighted by molar-refractivity contribution is 5.57. The molecule has 63 valence electrons. The second-order valence-electron chi connectivity index (χ2n) is 2.37. The topological polar surface area (TPSA) is 38.3 Å². The van der Waals surface area contributed by atoms with E-state index < -0.39 is 6.04 Å². The van der Waals surface area contributed by atoms with Crippen molar-refractivity contribution < 1.29 is 9.63 Å². The number of hydrogen-bond acceptors (Lipinski definition) is 3. The van der Waals surface area contributed by atoms with Crippen molar-refractivity contribution in [3.8, 4) is 5.75 Å². The normalized spacial score (nSPS) is 12.1. The maximum absolute atomic E-state index is 10.1. The lowest BCUT2D eigenvalue weighted by atomic mass is 10.3. The largest absolute Gasteiger partial charge is 0.408 e. The van der Waals surface area contributed by atoms with Gasteiger partial charge in [0.25, 0.3) is 0 Å². The minimum absolute atomic E-state index is 0.412. The van der Waals surface area contributed by atoms with Crippen molar-refractivity contribution in [2.75, 3.05) is 0 Å². The Labute approximate surface area is 71.3 Å². The molecule has 0 saturated heterocycles. The highest BCUT2D eigenvalue weighted by Gasteiger charge is 1.98. The Kier molecular flexibility index (Phi) is 3.29. The Balaban J connectivity index is 2.38. The molecule has 0 aromatic heterocycles. The van der Waals surface area contributed by atoms with Crippen LogP contribution in [0.25, 0.3) is 0 Å². The van der Waals surface area contributed by atoms with Gasteiger partial charge in [-0.3, -0.25) is 4.79 Å². The SMILES string of the molecule is C[C@@H]([C]=O)NOc1ccccc1. The zero-order chi connectivity index (χ0) is 8.81. The summed E-state index contributed by atoms with van der Waals surface area (Å²) in [5.41, 5.74) is 2.52. The van der Waals surface area contributed by atoms with Crippen molar-refractivity contribution in [2.45, 2.75) is 13.0 Å². The van der Waals surface area contributed by atoms with Crippen LogP contribution in [-0.2, 0) is 4.79 Å². The second kappa shape index (κ2) is 4.51. The van der Waals surface area contributed by atoms with Crippen LogP contribution in [0, 0.1) is 0 Å². The number of benzene rings is 1. The highest BCUT2D eigenvalue weighted by atomic mass is 16.6. The Morgan fingerprint density at radius 1 is 1.42 bits per heavy atom. The first kappa shape index (κ1) is 8.74. The van der Waals surface area contributed by atoms with Gasteiger partial charge in [-0.2, -0.15) is 0 Å². The molecule has 3 heteroatoms. The molecule has 3 nitrogen and oxygen atoms in total. The van der Waals surface area contributed by atoms with Crippen LogP contribution in [0.5, 0.6) is 5.75 Å². The molecule has 0 bridgehead atoms. The Bertz CT molecular complexity index is 236. The quantitative estimate of drug-likeness (QED) is 0.676. The molecule has 0 amide bonds. The minimum atomic E-state index is -0.412. The van der Waals surface area contributed by atoms with E-state index in [9.17, 15) is 4.79 Å². The van der Waals surface area contributed by atoms with E-state index in [1.165, 1.54) is 0 Å². The fourth-order valence-corrected chi connectivity index (χ4v) is 0.669. The molecule has 0 aliphatic carbocycles. The Morgan fingerprint density at radius 2 is 2.08 bits per heavy atom. The van der Waals surface area contributed by atoms with E-state index in [4.69, 9.17) is 4.84 Å². The summed E-state index contributed by atoms with van der Waals surface area (Å²) in [5, 5.41) is 0. The molecule has 0 spiro atoms. The van der Waals surface area contributed by atoms with E-state index >= 15 is 0 Å². The number of carbonyl (C=O) groups excluding carboxylic acids is 1. The van der Waals surface area contributed by atoms with E-state index in [1.807, 2.05) is 18.2 Å². The summed E-state index contributed by atoms with van der Waals surface area (Å²) in [6, 6.07) is 8.78. The molecule has 1 aromatic carbocycles. The molecule has 1 aromatic rings. The van der Waals surface area contributed by atoms with Crippen molar-refractivity contribution in [1.82, 2.24) is 5.48 Å². The van der Waals surface area contributed by atoms with Gasteiger partial charge in [-0.05, 0) is 19.1 Å². The lowest BCUT2D eigenvalue weighted by Gasteiger charge is -2.07. The van der Waals surface area contributed by atoms with Gasteiger partial charge < -0.3 is 4.84 Å². The summed E-state index contributed by atoms with van der Waals surface area (Å²) < 4.78 is 0. The van der Waals surface area contributed by atoms with Crippen LogP contribution in [0.15, 0.2) is 30.3 Å². The van der Waals surface area contributed by atoms with E-state index in [2.05, 4.69) is 5.48 Å². The molecule has 0 aliphatic rings. The van der Waals surface area contributed by atoms with Crippen molar-refractivity contribution in [3.63, 3.8) is 0 Å². The zero-order valence-corrected chi connectivity index (χ0v) is 6.78. The Hall–Kier alpha value is -1.35. The van der Waals surface area contributed by atoms with Gasteiger partial charge in [0.15, 0.2) is 0 Å². The van der Waals surface area contributed by atoms with Crippen molar-refractivity contribution in [2.24, 2.45) is 0 Å². The van der Waals surface area contributed by atoms with Gasteiger partial charge in [-0.25, -0.2) is 0 Å². The number of hydrogen-bond donors (Lipinski definition) is 1. The van der Waals surface area contributed by atoms with Crippen molar-refractivity contribution in [1.29, 1.82) is 0 Å². The average molecular weight is 164 g/mol. The molecule has 0 fully saturated rings. The summed E-state index contributed by atoms with van der Waals surface area (Å²) >= 11 is 0. The summed E-state index contributed by atoms with van der Waals surface area (Å²) in [6.07, 6.45) is 1.75. The van der Waals surface area contributed by atoms with Crippen LogP contribution in [-0.4, -0.2) is 12.3 Å². The minimum Gasteiger partial charge on any atom is -0.408 e. The molecule has 1 radical (unpaired) electrons.